The van der Waals surface area contributed by atoms with E-state index in [0.717, 1.165) is 35.5 Å². The summed E-state index contributed by atoms with van der Waals surface area (Å²) in [4.78, 5) is 51.4. The Morgan fingerprint density at radius 3 is 2.51 bits per heavy atom. The number of nitrogens with zero attached hydrogens (tertiary/aromatic N) is 3. The van der Waals surface area contributed by atoms with Crippen LogP contribution in [0.1, 0.15) is 29.8 Å². The molecular formula is C29H26ClN5O6S2. The lowest BCUT2D eigenvalue weighted by molar-refractivity contribution is -0.384. The number of benzene rings is 3. The fraction of sp³-hybridized carbons (Fsp3) is 0.172. The number of non-ortho nitro benzene ring substituents is 1. The lowest BCUT2D eigenvalue weighted by Crippen LogP contribution is -2.44. The van der Waals surface area contributed by atoms with Gasteiger partial charge in [-0.25, -0.2) is 0 Å². The summed E-state index contributed by atoms with van der Waals surface area (Å²) in [6, 6.07) is 17.2. The molecule has 0 spiro atoms. The lowest BCUT2D eigenvalue weighted by Gasteiger charge is -2.22. The summed E-state index contributed by atoms with van der Waals surface area (Å²) in [6.45, 7) is 5.08. The van der Waals surface area contributed by atoms with E-state index in [1.54, 1.807) is 30.3 Å². The fourth-order valence-electron chi connectivity index (χ4n) is 4.06. The molecule has 0 atom stereocenters. The van der Waals surface area contributed by atoms with Gasteiger partial charge in [-0.15, -0.1) is 0 Å². The molecule has 1 aliphatic rings. The topological polar surface area (TPSA) is 134 Å². The highest BCUT2D eigenvalue weighted by Crippen LogP contribution is 2.35. The van der Waals surface area contributed by atoms with Gasteiger partial charge in [-0.2, -0.15) is 5.01 Å². The molecule has 3 aromatic carbocycles. The Morgan fingerprint density at radius 2 is 1.84 bits per heavy atom. The van der Waals surface area contributed by atoms with Crippen molar-refractivity contribution < 1.29 is 24.0 Å². The number of thioether (sulfide) groups is 1. The van der Waals surface area contributed by atoms with E-state index in [1.807, 2.05) is 19.9 Å². The number of hydrazine groups is 1. The minimum Gasteiger partial charge on any atom is -0.483 e. The third-order valence-corrected chi connectivity index (χ3v) is 7.78. The Morgan fingerprint density at radius 1 is 1.12 bits per heavy atom. The maximum atomic E-state index is 13.2. The second-order valence-corrected chi connectivity index (χ2v) is 11.1. The Kier molecular flexibility index (Phi) is 10.3. The normalized spacial score (nSPS) is 13.7. The molecule has 0 aliphatic carbocycles. The predicted molar refractivity (Wildman–Crippen MR) is 171 cm³/mol. The summed E-state index contributed by atoms with van der Waals surface area (Å²) >= 11 is 12.2. The van der Waals surface area contributed by atoms with E-state index in [2.05, 4.69) is 15.6 Å². The zero-order valence-electron chi connectivity index (χ0n) is 23.0. The number of nitro groups is 1. The molecule has 4 rings (SSSR count). The van der Waals surface area contributed by atoms with E-state index in [0.29, 0.717) is 21.9 Å². The monoisotopic (exact) mass is 639 g/mol. The quantitative estimate of drug-likeness (QED) is 0.118. The minimum atomic E-state index is -0.553. The Balaban J connectivity index is 1.54. The molecule has 0 radical (unpaired) electrons. The first-order valence-electron chi connectivity index (χ1n) is 13.0. The van der Waals surface area contributed by atoms with Crippen LogP contribution < -0.4 is 20.4 Å². The number of hydrogen-bond acceptors (Lipinski definition) is 9. The number of ether oxygens (including phenoxy) is 1. The predicted octanol–water partition coefficient (Wildman–Crippen LogP) is 5.66. The van der Waals surface area contributed by atoms with Crippen LogP contribution in [0.5, 0.6) is 5.75 Å². The highest BCUT2D eigenvalue weighted by atomic mass is 35.5. The van der Waals surface area contributed by atoms with Gasteiger partial charge in [-0.3, -0.25) is 29.9 Å². The third-order valence-electron chi connectivity index (χ3n) is 6.23. The Hall–Kier alpha value is -4.46. The van der Waals surface area contributed by atoms with Crippen LogP contribution in [0.4, 0.5) is 17.1 Å². The standard InChI is InChI=1S/C29H26ClN5O6S2/c1-3-33(4-2)22-13-10-19(24(16-22)41-17-26(36)31-21-6-5-7-23(15-21)35(39)40)14-25-28(38)34(29(42)43-25)32-27(37)18-8-11-20(30)12-9-18/h5-16H,3-4,17H2,1-2H3,(H,31,36)(H,32,37)/b25-14+. The number of amides is 3. The summed E-state index contributed by atoms with van der Waals surface area (Å²) in [6.07, 6.45) is 1.58. The number of hydrogen-bond donors (Lipinski definition) is 2. The largest absolute Gasteiger partial charge is 0.483 e. The highest BCUT2D eigenvalue weighted by Gasteiger charge is 2.34. The van der Waals surface area contributed by atoms with Gasteiger partial charge in [0.25, 0.3) is 23.4 Å². The number of thiocarbonyl (C=S) groups is 1. The van der Waals surface area contributed by atoms with Gasteiger partial charge in [-0.1, -0.05) is 29.4 Å². The Labute approximate surface area is 261 Å². The van der Waals surface area contributed by atoms with Gasteiger partial charge in [0.15, 0.2) is 10.9 Å². The lowest BCUT2D eigenvalue weighted by atomic mass is 10.1. The van der Waals surface area contributed by atoms with Crippen LogP contribution in [0.2, 0.25) is 5.02 Å². The average Bonchev–Trinajstić information content (AvgIpc) is 3.25. The second-order valence-electron chi connectivity index (χ2n) is 9.00. The van der Waals surface area contributed by atoms with Gasteiger partial charge >= 0.3 is 0 Å². The molecule has 3 amide bonds. The number of nitro benzene ring substituents is 1. The van der Waals surface area contributed by atoms with E-state index in [4.69, 9.17) is 28.6 Å². The molecule has 1 aliphatic heterocycles. The average molecular weight is 640 g/mol. The van der Waals surface area contributed by atoms with Gasteiger partial charge < -0.3 is 15.0 Å². The molecule has 1 fully saturated rings. The fourth-order valence-corrected chi connectivity index (χ4v) is 5.36. The van der Waals surface area contributed by atoms with Gasteiger partial charge in [0.2, 0.25) is 0 Å². The highest BCUT2D eigenvalue weighted by molar-refractivity contribution is 8.26. The van der Waals surface area contributed by atoms with Crippen LogP contribution in [0.25, 0.3) is 6.08 Å². The summed E-state index contributed by atoms with van der Waals surface area (Å²) < 4.78 is 6.03. The third kappa shape index (κ3) is 7.89. The first-order chi connectivity index (χ1) is 20.6. The summed E-state index contributed by atoms with van der Waals surface area (Å²) in [7, 11) is 0. The number of carbonyl (C=O) groups is 3. The first-order valence-corrected chi connectivity index (χ1v) is 14.6. The molecule has 2 N–H and O–H groups in total. The van der Waals surface area contributed by atoms with Crippen LogP contribution in [0.3, 0.4) is 0 Å². The van der Waals surface area contributed by atoms with Crippen LogP contribution in [0, 0.1) is 10.1 Å². The minimum absolute atomic E-state index is 0.136. The maximum absolute atomic E-state index is 13.2. The molecule has 43 heavy (non-hydrogen) atoms. The van der Waals surface area contributed by atoms with Crippen molar-refractivity contribution in [2.24, 2.45) is 0 Å². The van der Waals surface area contributed by atoms with Gasteiger partial charge in [0, 0.05) is 58.8 Å². The van der Waals surface area contributed by atoms with Crippen molar-refractivity contribution in [3.8, 4) is 5.75 Å². The zero-order chi connectivity index (χ0) is 31.1. The molecule has 0 unspecified atom stereocenters. The van der Waals surface area contributed by atoms with Crippen LogP contribution in [-0.2, 0) is 9.59 Å². The van der Waals surface area contributed by atoms with Gasteiger partial charge in [0.05, 0.1) is 9.83 Å². The second kappa shape index (κ2) is 14.1. The van der Waals surface area contributed by atoms with Crippen LogP contribution in [0.15, 0.2) is 71.6 Å². The van der Waals surface area contributed by atoms with E-state index in [-0.39, 0.29) is 20.6 Å². The van der Waals surface area contributed by atoms with Crippen LogP contribution in [-0.4, -0.2) is 51.7 Å². The van der Waals surface area contributed by atoms with Crippen molar-refractivity contribution in [2.45, 2.75) is 13.8 Å². The molecule has 11 nitrogen and oxygen atoms in total. The van der Waals surface area contributed by atoms with Crippen molar-refractivity contribution >= 4 is 80.8 Å². The van der Waals surface area contributed by atoms with E-state index >= 15 is 0 Å². The number of carbonyl (C=O) groups excluding carboxylic acids is 3. The SMILES string of the molecule is CCN(CC)c1ccc(/C=C2/SC(=S)N(NC(=O)c3ccc(Cl)cc3)C2=O)c(OCC(=O)Nc2cccc([N+](=O)[O-])c2)c1. The van der Waals surface area contributed by atoms with Crippen molar-refractivity contribution in [3.05, 3.63) is 97.9 Å². The number of anilines is 2. The summed E-state index contributed by atoms with van der Waals surface area (Å²) in [5.74, 6) is -1.26. The molecule has 1 heterocycles. The van der Waals surface area contributed by atoms with Crippen molar-refractivity contribution in [3.63, 3.8) is 0 Å². The molecule has 1 saturated heterocycles. The smallest absolute Gasteiger partial charge is 0.285 e. The Bertz CT molecular complexity index is 1610. The molecule has 0 bridgehead atoms. The maximum Gasteiger partial charge on any atom is 0.285 e. The number of nitrogens with one attached hydrogen (secondary N) is 2. The molecule has 0 saturated carbocycles. The molecule has 14 heteroatoms. The van der Waals surface area contributed by atoms with Gasteiger partial charge in [0.1, 0.15) is 5.75 Å². The van der Waals surface area contributed by atoms with E-state index in [1.165, 1.54) is 36.4 Å². The molecule has 0 aromatic heterocycles. The van der Waals surface area contributed by atoms with Crippen molar-refractivity contribution in [1.82, 2.24) is 10.4 Å². The number of rotatable bonds is 11. The zero-order valence-corrected chi connectivity index (χ0v) is 25.4. The number of halogens is 1. The van der Waals surface area contributed by atoms with Crippen molar-refractivity contribution in [1.29, 1.82) is 0 Å². The first kappa shape index (κ1) is 31.5. The summed E-state index contributed by atoms with van der Waals surface area (Å²) in [5, 5.41) is 15.1. The van der Waals surface area contributed by atoms with Crippen molar-refractivity contribution in [2.75, 3.05) is 29.9 Å². The van der Waals surface area contributed by atoms with Crippen LogP contribution >= 0.6 is 35.6 Å². The van der Waals surface area contributed by atoms with Gasteiger partial charge in [-0.05, 0) is 74.6 Å². The van der Waals surface area contributed by atoms with E-state index in [9.17, 15) is 24.5 Å². The molecule has 3 aromatic rings. The molecular weight excluding hydrogens is 614 g/mol. The summed E-state index contributed by atoms with van der Waals surface area (Å²) in [5.41, 5.74) is 4.27. The molecule has 222 valence electrons. The van der Waals surface area contributed by atoms with E-state index < -0.39 is 29.3 Å².